The Morgan fingerprint density at radius 3 is 1.91 bits per heavy atom. The van der Waals surface area contributed by atoms with Gasteiger partial charge in [0.15, 0.2) is 11.6 Å². The molecule has 0 bridgehead atoms. The van der Waals surface area contributed by atoms with Gasteiger partial charge >= 0.3 is 6.03 Å². The molecule has 7 N–H and O–H groups in total. The molecule has 0 saturated carbocycles. The third-order valence-corrected chi connectivity index (χ3v) is 19.8. The molecule has 4 rings (SSSR count). The third kappa shape index (κ3) is 24.2. The van der Waals surface area contributed by atoms with Gasteiger partial charge in [0, 0.05) is 128 Å². The molecular weight excluding hydrogens is 1220 g/mol. The summed E-state index contributed by atoms with van der Waals surface area (Å²) in [5, 5.41) is 13.9. The summed E-state index contributed by atoms with van der Waals surface area (Å²) in [5.74, 6) is -6.09. The first-order chi connectivity index (χ1) is 45.4. The average Bonchev–Trinajstić information content (AvgIpc) is 1.53. The third-order valence-electron chi connectivity index (χ3n) is 19.8. The molecular formula is C73H116N10O13. The van der Waals surface area contributed by atoms with Gasteiger partial charge in [-0.3, -0.25) is 52.8 Å². The van der Waals surface area contributed by atoms with Gasteiger partial charge in [0.2, 0.25) is 41.4 Å². The van der Waals surface area contributed by atoms with Crippen LogP contribution in [-0.4, -0.2) is 189 Å². The highest BCUT2D eigenvalue weighted by Gasteiger charge is 2.44. The molecule has 2 aromatic carbocycles. The summed E-state index contributed by atoms with van der Waals surface area (Å²) in [6.07, 6.45) is 1.92. The van der Waals surface area contributed by atoms with E-state index in [2.05, 4.69) is 26.6 Å². The van der Waals surface area contributed by atoms with E-state index in [1.807, 2.05) is 97.8 Å². The van der Waals surface area contributed by atoms with E-state index in [9.17, 15) is 52.7 Å². The number of urea groups is 1. The van der Waals surface area contributed by atoms with E-state index in [1.165, 1.54) is 7.11 Å². The van der Waals surface area contributed by atoms with Crippen molar-refractivity contribution in [2.75, 3.05) is 67.4 Å². The van der Waals surface area contributed by atoms with Gasteiger partial charge in [0.25, 0.3) is 0 Å². The molecule has 0 radical (unpaired) electrons. The number of methoxy groups -OCH3 is 2. The normalized spacial score (nSPS) is 18.9. The molecule has 96 heavy (non-hydrogen) atoms. The number of hydrogen-bond acceptors (Lipinski definition) is 14. The Morgan fingerprint density at radius 2 is 1.34 bits per heavy atom. The summed E-state index contributed by atoms with van der Waals surface area (Å²) in [6, 6.07) is 13.1. The van der Waals surface area contributed by atoms with Gasteiger partial charge in [0.05, 0.1) is 42.8 Å². The Labute approximate surface area is 571 Å². The standard InChI is InChI=1S/C73H116N10O13/c1-17-47(8)67(81(14)72(93)56(44(2)3)41-60(86)66(46(6)7)80(12)13)61(95-15)42-64(89)83-35-22-26-57(83)68(96-16)49(10)58(84)40-54(38-50-23-19-18-20-24-50)70(91)77-43-51-27-29-55(30-28-51)78-71(92)52(25-21-34-76-73(74)94)39-59(85)65(45(4)5)79-62(87)31-32-63(88)82-36-33-53(37-48(82)9)69(90)75-11/h18-20,23-24,27-30,44-49,52-54,56-57,61,65-68H,17,21-22,25-26,31-43H2,1-16H3,(H,75,90)(H,77,91)(H,78,92)(H,79,87)(H3,74,76,94)/t47-,48?,49-,52+,53?,54+,56-,57-,61+,65-,66-,67-,68+/m0/s1. The number of hydrogen-bond donors (Lipinski definition) is 6. The van der Waals surface area contributed by atoms with Crippen LogP contribution in [0.1, 0.15) is 164 Å². The topological polar surface area (TPSA) is 305 Å². The van der Waals surface area contributed by atoms with Crippen molar-refractivity contribution < 1.29 is 62.2 Å². The molecule has 536 valence electrons. The number of likely N-dealkylation sites (N-methyl/N-ethyl adjacent to an activating group) is 2. The number of likely N-dealkylation sites (tertiary alicyclic amines) is 2. The van der Waals surface area contributed by atoms with Crippen molar-refractivity contribution in [1.29, 1.82) is 0 Å². The number of piperidine rings is 1. The van der Waals surface area contributed by atoms with Gasteiger partial charge in [-0.2, -0.15) is 0 Å². The van der Waals surface area contributed by atoms with E-state index in [-0.39, 0.29) is 153 Å². The quantitative estimate of drug-likeness (QED) is 0.0362. The molecule has 2 fully saturated rings. The van der Waals surface area contributed by atoms with Crippen LogP contribution in [0.25, 0.3) is 0 Å². The van der Waals surface area contributed by atoms with Crippen LogP contribution in [0.2, 0.25) is 0 Å². The summed E-state index contributed by atoms with van der Waals surface area (Å²) < 4.78 is 12.3. The molecule has 2 unspecified atom stereocenters. The lowest BCUT2D eigenvalue weighted by molar-refractivity contribution is -0.149. The second-order valence-electron chi connectivity index (χ2n) is 28.1. The Bertz CT molecular complexity index is 2880. The lowest BCUT2D eigenvalue weighted by atomic mass is 9.83. The van der Waals surface area contributed by atoms with Crippen molar-refractivity contribution in [3.05, 3.63) is 65.7 Å². The summed E-state index contributed by atoms with van der Waals surface area (Å²) in [4.78, 5) is 157. The van der Waals surface area contributed by atoms with Gasteiger partial charge < -0.3 is 56.5 Å². The largest absolute Gasteiger partial charge is 0.379 e. The highest BCUT2D eigenvalue weighted by Crippen LogP contribution is 2.33. The van der Waals surface area contributed by atoms with E-state index in [0.717, 1.165) is 5.56 Å². The molecule has 9 amide bonds. The van der Waals surface area contributed by atoms with Crippen LogP contribution >= 0.6 is 0 Å². The first kappa shape index (κ1) is 81.3. The van der Waals surface area contributed by atoms with Crippen molar-refractivity contribution in [1.82, 2.24) is 40.9 Å². The minimum atomic E-state index is -0.954. The zero-order valence-corrected chi connectivity index (χ0v) is 60.3. The molecule has 2 aromatic rings. The van der Waals surface area contributed by atoms with Gasteiger partial charge in [-0.05, 0) is 113 Å². The minimum absolute atomic E-state index is 0.0127. The SMILES string of the molecule is CC[C@H](C)[C@@H]([C@@H](CC(=O)N1CCC[C@H]1[C@H](OC)[C@@H](C)C(=O)C[C@@H](Cc1ccccc1)C(=O)NCc1ccc(NC(=O)[C@H](CCCNC(N)=O)CC(=O)[C@@H](NC(=O)CCC(=O)N2CCC(C(=O)NC)CC2C)C(C)C)cc1)OC)N(C)C(=O)[C@@H](CC(=O)[C@H](C(C)C)N(C)C)C(C)C. The number of carbonyl (C=O) groups is 11. The number of amides is 9. The number of ketones is 3. The molecule has 2 aliphatic rings. The lowest BCUT2D eigenvalue weighted by Crippen LogP contribution is -2.54. The number of nitrogens with one attached hydrogen (secondary N) is 5. The number of anilines is 1. The molecule has 2 heterocycles. The number of Topliss-reactive ketones (excluding diaryl/α,β-unsaturated/α-hetero) is 3. The second kappa shape index (κ2) is 39.9. The molecule has 2 aliphatic heterocycles. The molecule has 0 aliphatic carbocycles. The number of ether oxygens (including phenoxy) is 2. The summed E-state index contributed by atoms with van der Waals surface area (Å²) >= 11 is 0. The second-order valence-corrected chi connectivity index (χ2v) is 28.1. The number of nitrogens with two attached hydrogens (primary N) is 1. The molecule has 23 nitrogen and oxygen atoms in total. The van der Waals surface area contributed by atoms with Crippen molar-refractivity contribution in [2.24, 2.45) is 59.0 Å². The zero-order chi connectivity index (χ0) is 71.7. The van der Waals surface area contributed by atoms with E-state index in [4.69, 9.17) is 15.2 Å². The van der Waals surface area contributed by atoms with Crippen LogP contribution in [0.5, 0.6) is 0 Å². The van der Waals surface area contributed by atoms with Crippen LogP contribution in [0.15, 0.2) is 54.6 Å². The Morgan fingerprint density at radius 1 is 0.688 bits per heavy atom. The zero-order valence-electron chi connectivity index (χ0n) is 60.3. The number of nitrogens with zero attached hydrogens (tertiary/aromatic N) is 4. The number of primary amides is 1. The number of rotatable bonds is 40. The predicted octanol–water partition coefficient (Wildman–Crippen LogP) is 7.12. The average molecular weight is 1340 g/mol. The van der Waals surface area contributed by atoms with Crippen molar-refractivity contribution in [3.8, 4) is 0 Å². The highest BCUT2D eigenvalue weighted by atomic mass is 16.5. The van der Waals surface area contributed by atoms with Crippen molar-refractivity contribution >= 4 is 70.4 Å². The monoisotopic (exact) mass is 1340 g/mol. The summed E-state index contributed by atoms with van der Waals surface area (Å²) in [6.45, 7) is 20.3. The lowest BCUT2D eigenvalue weighted by Gasteiger charge is -2.41. The minimum Gasteiger partial charge on any atom is -0.379 e. The van der Waals surface area contributed by atoms with Crippen LogP contribution in [0, 0.1) is 53.3 Å². The first-order valence-corrected chi connectivity index (χ1v) is 34.8. The van der Waals surface area contributed by atoms with Gasteiger partial charge in [-0.1, -0.05) is 111 Å². The van der Waals surface area contributed by atoms with Gasteiger partial charge in [-0.15, -0.1) is 0 Å². The maximum absolute atomic E-state index is 14.7. The molecule has 13 atom stereocenters. The van der Waals surface area contributed by atoms with Crippen LogP contribution < -0.4 is 32.3 Å². The fourth-order valence-corrected chi connectivity index (χ4v) is 14.1. The van der Waals surface area contributed by atoms with Crippen LogP contribution in [-0.2, 0) is 70.4 Å². The van der Waals surface area contributed by atoms with E-state index in [1.54, 1.807) is 80.9 Å². The van der Waals surface area contributed by atoms with E-state index in [0.29, 0.717) is 62.9 Å². The van der Waals surface area contributed by atoms with Gasteiger partial charge in [0.1, 0.15) is 5.78 Å². The van der Waals surface area contributed by atoms with Crippen LogP contribution in [0.4, 0.5) is 10.5 Å². The fraction of sp³-hybridized carbons (Fsp3) is 0.685. The van der Waals surface area contributed by atoms with E-state index < -0.39 is 71.9 Å². The number of benzene rings is 2. The summed E-state index contributed by atoms with van der Waals surface area (Å²) in [5.41, 5.74) is 7.27. The smallest absolute Gasteiger partial charge is 0.312 e. The summed E-state index contributed by atoms with van der Waals surface area (Å²) in [7, 11) is 10.2. The Balaban J connectivity index is 1.43. The fourth-order valence-electron chi connectivity index (χ4n) is 14.1. The van der Waals surface area contributed by atoms with Crippen molar-refractivity contribution in [3.63, 3.8) is 0 Å². The molecule has 0 spiro atoms. The maximum Gasteiger partial charge on any atom is 0.312 e. The van der Waals surface area contributed by atoms with E-state index >= 15 is 0 Å². The predicted molar refractivity (Wildman–Crippen MR) is 370 cm³/mol. The maximum atomic E-state index is 14.7. The number of carbonyl (C=O) groups excluding carboxylic acids is 11. The van der Waals surface area contributed by atoms with Crippen molar-refractivity contribution in [2.45, 2.75) is 208 Å². The Hall–Kier alpha value is -7.11. The molecule has 23 heteroatoms. The van der Waals surface area contributed by atoms with Crippen LogP contribution in [0.3, 0.4) is 0 Å². The molecule has 0 aromatic heterocycles. The van der Waals surface area contributed by atoms with Gasteiger partial charge in [-0.25, -0.2) is 4.79 Å². The molecule has 2 saturated heterocycles. The Kier molecular flexibility index (Phi) is 33.8. The highest BCUT2D eigenvalue weighted by molar-refractivity contribution is 5.98. The first-order valence-electron chi connectivity index (χ1n) is 34.8.